The van der Waals surface area contributed by atoms with Gasteiger partial charge in [-0.3, -0.25) is 4.79 Å². The first-order chi connectivity index (χ1) is 9.06. The second-order valence-corrected chi connectivity index (χ2v) is 5.03. The number of rotatable bonds is 4. The summed E-state index contributed by atoms with van der Waals surface area (Å²) in [5, 5.41) is 12.1. The molecule has 1 aromatic rings. The van der Waals surface area contributed by atoms with E-state index in [2.05, 4.69) is 5.32 Å². The van der Waals surface area contributed by atoms with Gasteiger partial charge in [-0.2, -0.15) is 0 Å². The molecule has 0 aliphatic heterocycles. The van der Waals surface area contributed by atoms with Crippen molar-refractivity contribution in [2.75, 3.05) is 6.54 Å². The normalized spacial score (nSPS) is 22.5. The highest BCUT2D eigenvalue weighted by molar-refractivity contribution is 5.78. The maximum absolute atomic E-state index is 13.4. The smallest absolute Gasteiger partial charge is 0.224 e. The van der Waals surface area contributed by atoms with Crippen molar-refractivity contribution in [1.29, 1.82) is 0 Å². The summed E-state index contributed by atoms with van der Waals surface area (Å²) < 4.78 is 26.3. The third kappa shape index (κ3) is 3.73. The summed E-state index contributed by atoms with van der Waals surface area (Å²) in [7, 11) is 0. The Kier molecular flexibility index (Phi) is 4.47. The molecule has 2 unspecified atom stereocenters. The Balaban J connectivity index is 1.82. The van der Waals surface area contributed by atoms with Crippen LogP contribution in [0, 0.1) is 17.6 Å². The van der Waals surface area contributed by atoms with E-state index in [1.54, 1.807) is 0 Å². The van der Waals surface area contributed by atoms with E-state index in [-0.39, 0.29) is 29.9 Å². The molecule has 0 bridgehead atoms. The number of hydrogen-bond acceptors (Lipinski definition) is 2. The highest BCUT2D eigenvalue weighted by Crippen LogP contribution is 2.24. The minimum atomic E-state index is -0.964. The topological polar surface area (TPSA) is 49.3 Å². The highest BCUT2D eigenvalue weighted by atomic mass is 19.2. The Morgan fingerprint density at radius 2 is 2.16 bits per heavy atom. The van der Waals surface area contributed by atoms with Crippen LogP contribution in [-0.4, -0.2) is 23.7 Å². The average Bonchev–Trinajstić information content (AvgIpc) is 2.78. The van der Waals surface area contributed by atoms with Gasteiger partial charge in [-0.15, -0.1) is 0 Å². The van der Waals surface area contributed by atoms with Gasteiger partial charge in [0.15, 0.2) is 11.6 Å². The average molecular weight is 269 g/mol. The monoisotopic (exact) mass is 269 g/mol. The summed E-state index contributed by atoms with van der Waals surface area (Å²) in [5.41, 5.74) is 0.0592. The largest absolute Gasteiger partial charge is 0.393 e. The minimum Gasteiger partial charge on any atom is -0.393 e. The lowest BCUT2D eigenvalue weighted by Crippen LogP contribution is -2.30. The predicted octanol–water partition coefficient (Wildman–Crippen LogP) is 1.78. The van der Waals surface area contributed by atoms with Crippen molar-refractivity contribution in [3.63, 3.8) is 0 Å². The third-order valence-electron chi connectivity index (χ3n) is 3.48. The summed E-state index contributed by atoms with van der Waals surface area (Å²) in [6, 6.07) is 3.81. The van der Waals surface area contributed by atoms with Crippen molar-refractivity contribution in [3.05, 3.63) is 35.4 Å². The predicted molar refractivity (Wildman–Crippen MR) is 66.4 cm³/mol. The summed E-state index contributed by atoms with van der Waals surface area (Å²) in [5.74, 6) is -1.96. The van der Waals surface area contributed by atoms with E-state index >= 15 is 0 Å². The summed E-state index contributed by atoms with van der Waals surface area (Å²) in [6.07, 6.45) is 1.89. The number of carbonyl (C=O) groups excluding carboxylic acids is 1. The molecule has 1 aliphatic carbocycles. The number of aliphatic hydroxyl groups excluding tert-OH is 1. The van der Waals surface area contributed by atoms with E-state index < -0.39 is 11.6 Å². The molecule has 5 heteroatoms. The highest BCUT2D eigenvalue weighted by Gasteiger charge is 2.23. The quantitative estimate of drug-likeness (QED) is 0.875. The van der Waals surface area contributed by atoms with E-state index in [0.717, 1.165) is 18.9 Å². The SMILES string of the molecule is O=C(Cc1cccc(F)c1F)NCC1CCC(O)C1. The zero-order chi connectivity index (χ0) is 13.8. The van der Waals surface area contributed by atoms with Gasteiger partial charge in [-0.25, -0.2) is 8.78 Å². The first-order valence-corrected chi connectivity index (χ1v) is 6.44. The molecule has 1 amide bonds. The van der Waals surface area contributed by atoms with E-state index in [9.17, 15) is 18.7 Å². The van der Waals surface area contributed by atoms with Crippen LogP contribution in [0.1, 0.15) is 24.8 Å². The van der Waals surface area contributed by atoms with E-state index in [0.29, 0.717) is 13.0 Å². The molecule has 1 aromatic carbocycles. The molecule has 0 aromatic heterocycles. The van der Waals surface area contributed by atoms with Gasteiger partial charge in [0, 0.05) is 12.1 Å². The maximum atomic E-state index is 13.4. The van der Waals surface area contributed by atoms with Crippen LogP contribution in [0.15, 0.2) is 18.2 Å². The summed E-state index contributed by atoms with van der Waals surface area (Å²) in [4.78, 5) is 11.7. The molecule has 1 saturated carbocycles. The molecule has 2 N–H and O–H groups in total. The van der Waals surface area contributed by atoms with Crippen LogP contribution in [0.4, 0.5) is 8.78 Å². The van der Waals surface area contributed by atoms with Gasteiger partial charge in [0.2, 0.25) is 5.91 Å². The number of amides is 1. The van der Waals surface area contributed by atoms with Crippen molar-refractivity contribution >= 4 is 5.91 Å². The van der Waals surface area contributed by atoms with Gasteiger partial charge >= 0.3 is 0 Å². The van der Waals surface area contributed by atoms with E-state index in [1.165, 1.54) is 12.1 Å². The Morgan fingerprint density at radius 1 is 1.37 bits per heavy atom. The Hall–Kier alpha value is -1.49. The van der Waals surface area contributed by atoms with Crippen LogP contribution in [-0.2, 0) is 11.2 Å². The van der Waals surface area contributed by atoms with Crippen LogP contribution in [0.25, 0.3) is 0 Å². The molecule has 0 radical (unpaired) electrons. The van der Waals surface area contributed by atoms with Crippen LogP contribution in [0.2, 0.25) is 0 Å². The molecule has 2 atom stereocenters. The van der Waals surface area contributed by atoms with Gasteiger partial charge < -0.3 is 10.4 Å². The van der Waals surface area contributed by atoms with Crippen LogP contribution in [0.3, 0.4) is 0 Å². The second kappa shape index (κ2) is 6.10. The Morgan fingerprint density at radius 3 is 2.84 bits per heavy atom. The molecule has 0 spiro atoms. The van der Waals surface area contributed by atoms with Gasteiger partial charge in [-0.05, 0) is 31.2 Å². The fraction of sp³-hybridized carbons (Fsp3) is 0.500. The van der Waals surface area contributed by atoms with Crippen LogP contribution in [0.5, 0.6) is 0 Å². The number of benzene rings is 1. The molecule has 3 nitrogen and oxygen atoms in total. The number of aliphatic hydroxyl groups is 1. The summed E-state index contributed by atoms with van der Waals surface area (Å²) >= 11 is 0. The molecule has 0 heterocycles. The van der Waals surface area contributed by atoms with E-state index in [1.807, 2.05) is 0 Å². The van der Waals surface area contributed by atoms with Gasteiger partial charge in [0.05, 0.1) is 12.5 Å². The molecule has 19 heavy (non-hydrogen) atoms. The fourth-order valence-corrected chi connectivity index (χ4v) is 2.41. The van der Waals surface area contributed by atoms with Crippen molar-refractivity contribution in [3.8, 4) is 0 Å². The van der Waals surface area contributed by atoms with Crippen molar-refractivity contribution in [2.45, 2.75) is 31.8 Å². The lowest BCUT2D eigenvalue weighted by Gasteiger charge is -2.11. The van der Waals surface area contributed by atoms with Gasteiger partial charge in [-0.1, -0.05) is 12.1 Å². The Bertz CT molecular complexity index is 465. The lowest BCUT2D eigenvalue weighted by atomic mass is 10.1. The molecule has 1 fully saturated rings. The molecule has 104 valence electrons. The van der Waals surface area contributed by atoms with Crippen molar-refractivity contribution < 1.29 is 18.7 Å². The molecule has 1 aliphatic rings. The maximum Gasteiger partial charge on any atom is 0.224 e. The summed E-state index contributed by atoms with van der Waals surface area (Å²) in [6.45, 7) is 0.479. The zero-order valence-corrected chi connectivity index (χ0v) is 10.5. The minimum absolute atomic E-state index is 0.0592. The van der Waals surface area contributed by atoms with E-state index in [4.69, 9.17) is 0 Å². The van der Waals surface area contributed by atoms with Crippen molar-refractivity contribution in [2.24, 2.45) is 5.92 Å². The lowest BCUT2D eigenvalue weighted by molar-refractivity contribution is -0.120. The fourth-order valence-electron chi connectivity index (χ4n) is 2.41. The van der Waals surface area contributed by atoms with Crippen molar-refractivity contribution in [1.82, 2.24) is 5.32 Å². The molecule has 0 saturated heterocycles. The Labute approximate surface area is 110 Å². The number of halogens is 2. The second-order valence-electron chi connectivity index (χ2n) is 5.03. The standard InChI is InChI=1S/C14H17F2NO2/c15-12-3-1-2-10(14(12)16)7-13(19)17-8-9-4-5-11(18)6-9/h1-3,9,11,18H,4-8H2,(H,17,19). The number of nitrogens with one attached hydrogen (secondary N) is 1. The molecule has 2 rings (SSSR count). The van der Waals surface area contributed by atoms with Gasteiger partial charge in [0.25, 0.3) is 0 Å². The first kappa shape index (κ1) is 13.9. The molecular formula is C14H17F2NO2. The zero-order valence-electron chi connectivity index (χ0n) is 10.5. The third-order valence-corrected chi connectivity index (χ3v) is 3.48. The number of hydrogen-bond donors (Lipinski definition) is 2. The number of carbonyl (C=O) groups is 1. The molecular weight excluding hydrogens is 252 g/mol. The van der Waals surface area contributed by atoms with Crippen LogP contribution >= 0.6 is 0 Å². The van der Waals surface area contributed by atoms with Gasteiger partial charge in [0.1, 0.15) is 0 Å². The first-order valence-electron chi connectivity index (χ1n) is 6.44. The van der Waals surface area contributed by atoms with Crippen LogP contribution < -0.4 is 5.32 Å².